The van der Waals surface area contributed by atoms with Gasteiger partial charge >= 0.3 is 0 Å². The molecule has 1 aliphatic heterocycles. The smallest absolute Gasteiger partial charge is 0.191 e. The van der Waals surface area contributed by atoms with Crippen LogP contribution in [0.5, 0.6) is 0 Å². The Kier molecular flexibility index (Phi) is 8.91. The topological polar surface area (TPSA) is 58.1 Å². The Labute approximate surface area is 169 Å². The van der Waals surface area contributed by atoms with E-state index in [1.807, 2.05) is 7.05 Å². The third-order valence-electron chi connectivity index (χ3n) is 5.56. The summed E-state index contributed by atoms with van der Waals surface area (Å²) in [4.78, 5) is 6.75. The van der Waals surface area contributed by atoms with E-state index in [-0.39, 0.29) is 0 Å². The van der Waals surface area contributed by atoms with Crippen LogP contribution < -0.4 is 15.5 Å². The monoisotopic (exact) mass is 388 g/mol. The van der Waals surface area contributed by atoms with E-state index in [0.717, 1.165) is 52.0 Å². The lowest BCUT2D eigenvalue weighted by Gasteiger charge is -2.30. The molecule has 28 heavy (non-hydrogen) atoms. The molecule has 2 N–H and O–H groups in total. The highest BCUT2D eigenvalue weighted by Gasteiger charge is 2.15. The molecular weight excluding hydrogens is 352 g/mol. The van der Waals surface area contributed by atoms with E-state index in [9.17, 15) is 0 Å². The van der Waals surface area contributed by atoms with Gasteiger partial charge in [-0.05, 0) is 24.5 Å². The molecule has 3 rings (SSSR count). The fraction of sp³-hybridized carbons (Fsp3) is 0.682. The SMILES string of the molecule is CN=C(NCCOC1CCCCCC1)NCc1ccccc1N1CCOCC1. The van der Waals surface area contributed by atoms with Crippen molar-refractivity contribution in [1.82, 2.24) is 10.6 Å². The molecule has 0 unspecified atom stereocenters. The number of benzene rings is 1. The molecule has 1 aliphatic carbocycles. The van der Waals surface area contributed by atoms with Crippen molar-refractivity contribution in [3.63, 3.8) is 0 Å². The minimum absolute atomic E-state index is 0.444. The van der Waals surface area contributed by atoms with E-state index < -0.39 is 0 Å². The normalized spacial score (nSPS) is 19.3. The fourth-order valence-electron chi connectivity index (χ4n) is 3.98. The molecule has 0 amide bonds. The molecule has 2 fully saturated rings. The van der Waals surface area contributed by atoms with E-state index in [0.29, 0.717) is 6.10 Å². The maximum Gasteiger partial charge on any atom is 0.191 e. The first-order valence-corrected chi connectivity index (χ1v) is 10.8. The third-order valence-corrected chi connectivity index (χ3v) is 5.56. The summed E-state index contributed by atoms with van der Waals surface area (Å²) in [7, 11) is 1.81. The number of nitrogens with one attached hydrogen (secondary N) is 2. The average molecular weight is 389 g/mol. The van der Waals surface area contributed by atoms with Gasteiger partial charge in [-0.2, -0.15) is 0 Å². The Morgan fingerprint density at radius 3 is 2.61 bits per heavy atom. The summed E-state index contributed by atoms with van der Waals surface area (Å²) >= 11 is 0. The number of morpholine rings is 1. The Morgan fingerprint density at radius 2 is 1.86 bits per heavy atom. The van der Waals surface area contributed by atoms with Crippen LogP contribution in [0.15, 0.2) is 29.3 Å². The second-order valence-electron chi connectivity index (χ2n) is 7.57. The number of guanidine groups is 1. The summed E-state index contributed by atoms with van der Waals surface area (Å²) in [5, 5.41) is 6.81. The van der Waals surface area contributed by atoms with Crippen LogP contribution in [0, 0.1) is 0 Å². The standard InChI is InChI=1S/C22H36N4O2/c1-23-22(24-12-15-28-20-9-4-2-3-5-10-20)25-18-19-8-6-7-11-21(19)26-13-16-27-17-14-26/h6-8,11,20H,2-5,9-10,12-18H2,1H3,(H2,23,24,25). The number of nitrogens with zero attached hydrogens (tertiary/aromatic N) is 2. The highest BCUT2D eigenvalue weighted by Crippen LogP contribution is 2.21. The molecule has 0 spiro atoms. The highest BCUT2D eigenvalue weighted by molar-refractivity contribution is 5.79. The summed E-state index contributed by atoms with van der Waals surface area (Å²) in [6.45, 7) is 5.75. The van der Waals surface area contributed by atoms with E-state index >= 15 is 0 Å². The van der Waals surface area contributed by atoms with Crippen LogP contribution in [-0.4, -0.2) is 58.6 Å². The number of rotatable bonds is 7. The van der Waals surface area contributed by atoms with Crippen LogP contribution in [0.2, 0.25) is 0 Å². The minimum atomic E-state index is 0.444. The molecule has 156 valence electrons. The lowest BCUT2D eigenvalue weighted by Crippen LogP contribution is -2.40. The molecule has 1 aromatic carbocycles. The second kappa shape index (κ2) is 11.9. The number of para-hydroxylation sites is 1. The van der Waals surface area contributed by atoms with Gasteiger partial charge in [0.25, 0.3) is 0 Å². The van der Waals surface area contributed by atoms with E-state index in [4.69, 9.17) is 9.47 Å². The van der Waals surface area contributed by atoms with E-state index in [2.05, 4.69) is 44.8 Å². The van der Waals surface area contributed by atoms with Crippen molar-refractivity contribution in [3.8, 4) is 0 Å². The first-order chi connectivity index (χ1) is 13.9. The first kappa shape index (κ1) is 20.9. The molecule has 0 aromatic heterocycles. The Hall–Kier alpha value is -1.79. The van der Waals surface area contributed by atoms with Crippen molar-refractivity contribution in [2.24, 2.45) is 4.99 Å². The maximum atomic E-state index is 6.06. The van der Waals surface area contributed by atoms with Gasteiger partial charge in [0, 0.05) is 38.9 Å². The maximum absolute atomic E-state index is 6.06. The van der Waals surface area contributed by atoms with Gasteiger partial charge in [0.15, 0.2) is 5.96 Å². The van der Waals surface area contributed by atoms with E-state index in [1.165, 1.54) is 49.8 Å². The van der Waals surface area contributed by atoms with Crippen molar-refractivity contribution < 1.29 is 9.47 Å². The number of anilines is 1. The van der Waals surface area contributed by atoms with Crippen LogP contribution in [0.25, 0.3) is 0 Å². The van der Waals surface area contributed by atoms with Crippen molar-refractivity contribution in [2.75, 3.05) is 51.4 Å². The molecule has 2 aliphatic rings. The zero-order valence-electron chi connectivity index (χ0n) is 17.3. The molecule has 1 saturated heterocycles. The lowest BCUT2D eigenvalue weighted by molar-refractivity contribution is 0.0468. The van der Waals surface area contributed by atoms with Crippen molar-refractivity contribution in [3.05, 3.63) is 29.8 Å². The van der Waals surface area contributed by atoms with Crippen molar-refractivity contribution >= 4 is 11.6 Å². The molecule has 1 saturated carbocycles. The Bertz CT molecular complexity index is 594. The van der Waals surface area contributed by atoms with E-state index in [1.54, 1.807) is 0 Å². The van der Waals surface area contributed by atoms with Crippen molar-refractivity contribution in [1.29, 1.82) is 0 Å². The predicted octanol–water partition coefficient (Wildman–Crippen LogP) is 2.93. The quantitative estimate of drug-likeness (QED) is 0.326. The lowest BCUT2D eigenvalue weighted by atomic mass is 10.1. The summed E-state index contributed by atoms with van der Waals surface area (Å²) in [6, 6.07) is 8.57. The third kappa shape index (κ3) is 6.67. The molecule has 6 nitrogen and oxygen atoms in total. The number of aliphatic imine (C=N–C) groups is 1. The second-order valence-corrected chi connectivity index (χ2v) is 7.57. The van der Waals surface area contributed by atoms with Gasteiger partial charge in [0.2, 0.25) is 0 Å². The average Bonchev–Trinajstić information content (AvgIpc) is 3.03. The van der Waals surface area contributed by atoms with Gasteiger partial charge in [-0.1, -0.05) is 43.9 Å². The van der Waals surface area contributed by atoms with Crippen LogP contribution in [0.1, 0.15) is 44.1 Å². The van der Waals surface area contributed by atoms with Gasteiger partial charge in [0.1, 0.15) is 0 Å². The zero-order chi connectivity index (χ0) is 19.4. The Balaban J connectivity index is 1.41. The number of hydrogen-bond acceptors (Lipinski definition) is 4. The van der Waals surface area contributed by atoms with Gasteiger partial charge < -0.3 is 25.0 Å². The van der Waals surface area contributed by atoms with Crippen LogP contribution in [0.3, 0.4) is 0 Å². The van der Waals surface area contributed by atoms with Crippen LogP contribution >= 0.6 is 0 Å². The largest absolute Gasteiger partial charge is 0.378 e. The molecule has 0 radical (unpaired) electrons. The summed E-state index contributed by atoms with van der Waals surface area (Å²) < 4.78 is 11.5. The molecule has 0 bridgehead atoms. The van der Waals surface area contributed by atoms with Crippen molar-refractivity contribution in [2.45, 2.75) is 51.2 Å². The fourth-order valence-corrected chi connectivity index (χ4v) is 3.98. The Morgan fingerprint density at radius 1 is 1.11 bits per heavy atom. The van der Waals surface area contributed by atoms with Gasteiger partial charge in [-0.25, -0.2) is 0 Å². The van der Waals surface area contributed by atoms with Crippen LogP contribution in [0.4, 0.5) is 5.69 Å². The molecule has 6 heteroatoms. The van der Waals surface area contributed by atoms with Gasteiger partial charge in [-0.15, -0.1) is 0 Å². The summed E-state index contributed by atoms with van der Waals surface area (Å²) in [5.74, 6) is 0.821. The van der Waals surface area contributed by atoms with Gasteiger partial charge in [0.05, 0.1) is 25.9 Å². The van der Waals surface area contributed by atoms with Crippen LogP contribution in [-0.2, 0) is 16.0 Å². The molecule has 1 aromatic rings. The number of ether oxygens (including phenoxy) is 2. The summed E-state index contributed by atoms with van der Waals surface area (Å²) in [5.41, 5.74) is 2.56. The molecular formula is C22H36N4O2. The zero-order valence-corrected chi connectivity index (χ0v) is 17.3. The predicted molar refractivity (Wildman–Crippen MR) is 115 cm³/mol. The first-order valence-electron chi connectivity index (χ1n) is 10.8. The summed E-state index contributed by atoms with van der Waals surface area (Å²) in [6.07, 6.45) is 8.21. The molecule has 1 heterocycles. The molecule has 0 atom stereocenters. The highest BCUT2D eigenvalue weighted by atomic mass is 16.5. The minimum Gasteiger partial charge on any atom is -0.378 e. The van der Waals surface area contributed by atoms with Gasteiger partial charge in [-0.3, -0.25) is 4.99 Å². The number of hydrogen-bond donors (Lipinski definition) is 2.